The predicted molar refractivity (Wildman–Crippen MR) is 63.1 cm³/mol. The summed E-state index contributed by atoms with van der Waals surface area (Å²) < 4.78 is 0. The summed E-state index contributed by atoms with van der Waals surface area (Å²) in [5.74, 6) is 1.12. The second-order valence-corrected chi connectivity index (χ2v) is 4.16. The van der Waals surface area contributed by atoms with E-state index in [0.717, 1.165) is 25.8 Å². The average molecular weight is 222 g/mol. The van der Waals surface area contributed by atoms with Crippen molar-refractivity contribution in [3.05, 3.63) is 12.3 Å². The molecule has 2 heterocycles. The molecule has 0 aliphatic carbocycles. The summed E-state index contributed by atoms with van der Waals surface area (Å²) in [7, 11) is 0. The van der Waals surface area contributed by atoms with Gasteiger partial charge < -0.3 is 15.7 Å². The van der Waals surface area contributed by atoms with Crippen LogP contribution in [0.5, 0.6) is 0 Å². The van der Waals surface area contributed by atoms with Crippen LogP contribution in [0.15, 0.2) is 12.3 Å². The molecule has 1 aliphatic rings. The van der Waals surface area contributed by atoms with Gasteiger partial charge in [0.1, 0.15) is 5.82 Å². The van der Waals surface area contributed by atoms with Crippen LogP contribution in [-0.4, -0.2) is 34.3 Å². The van der Waals surface area contributed by atoms with Gasteiger partial charge in [0, 0.05) is 12.7 Å². The van der Waals surface area contributed by atoms with Crippen LogP contribution < -0.4 is 10.6 Å². The Kier molecular flexibility index (Phi) is 3.56. The SMILES string of the molecule is Nc1ccnc(N2CCCCCC2CO)n1. The Morgan fingerprint density at radius 1 is 1.44 bits per heavy atom. The number of aliphatic hydroxyl groups is 1. The Hall–Kier alpha value is -1.36. The van der Waals surface area contributed by atoms with Gasteiger partial charge in [-0.05, 0) is 18.9 Å². The van der Waals surface area contributed by atoms with Crippen LogP contribution in [0.2, 0.25) is 0 Å². The molecule has 3 N–H and O–H groups in total. The highest BCUT2D eigenvalue weighted by atomic mass is 16.3. The Morgan fingerprint density at radius 3 is 3.06 bits per heavy atom. The van der Waals surface area contributed by atoms with E-state index >= 15 is 0 Å². The van der Waals surface area contributed by atoms with Gasteiger partial charge in [-0.1, -0.05) is 12.8 Å². The molecule has 0 saturated carbocycles. The zero-order valence-corrected chi connectivity index (χ0v) is 9.34. The number of nitrogen functional groups attached to an aromatic ring is 1. The monoisotopic (exact) mass is 222 g/mol. The van der Waals surface area contributed by atoms with E-state index in [4.69, 9.17) is 5.73 Å². The summed E-state index contributed by atoms with van der Waals surface area (Å²) in [6.45, 7) is 1.05. The molecule has 1 aliphatic heterocycles. The summed E-state index contributed by atoms with van der Waals surface area (Å²) in [6, 6.07) is 1.80. The van der Waals surface area contributed by atoms with Crippen LogP contribution in [0.25, 0.3) is 0 Å². The van der Waals surface area contributed by atoms with Gasteiger partial charge in [0.2, 0.25) is 5.95 Å². The molecule has 2 rings (SSSR count). The Bertz CT molecular complexity index is 345. The zero-order chi connectivity index (χ0) is 11.4. The minimum Gasteiger partial charge on any atom is -0.394 e. The van der Waals surface area contributed by atoms with Crippen molar-refractivity contribution in [1.82, 2.24) is 9.97 Å². The van der Waals surface area contributed by atoms with Gasteiger partial charge in [0.05, 0.1) is 12.6 Å². The number of aromatic nitrogens is 2. The Morgan fingerprint density at radius 2 is 2.31 bits per heavy atom. The third-order valence-corrected chi connectivity index (χ3v) is 3.01. The molecule has 0 radical (unpaired) electrons. The maximum atomic E-state index is 9.39. The average Bonchev–Trinajstić information content (AvgIpc) is 2.53. The molecule has 1 aromatic rings. The fourth-order valence-electron chi connectivity index (χ4n) is 2.13. The van der Waals surface area contributed by atoms with E-state index in [1.165, 1.54) is 6.42 Å². The van der Waals surface area contributed by atoms with Crippen LogP contribution in [0.4, 0.5) is 11.8 Å². The van der Waals surface area contributed by atoms with E-state index in [9.17, 15) is 5.11 Å². The lowest BCUT2D eigenvalue weighted by Gasteiger charge is -2.28. The molecule has 1 fully saturated rings. The molecule has 0 aromatic carbocycles. The highest BCUT2D eigenvalue weighted by Gasteiger charge is 2.22. The largest absolute Gasteiger partial charge is 0.394 e. The van der Waals surface area contributed by atoms with Crippen molar-refractivity contribution >= 4 is 11.8 Å². The van der Waals surface area contributed by atoms with Crippen molar-refractivity contribution in [2.24, 2.45) is 0 Å². The van der Waals surface area contributed by atoms with Crippen molar-refractivity contribution in [3.8, 4) is 0 Å². The van der Waals surface area contributed by atoms with E-state index in [1.54, 1.807) is 12.3 Å². The second-order valence-electron chi connectivity index (χ2n) is 4.16. The fourth-order valence-corrected chi connectivity index (χ4v) is 2.13. The lowest BCUT2D eigenvalue weighted by atomic mass is 10.1. The van der Waals surface area contributed by atoms with Crippen molar-refractivity contribution < 1.29 is 5.11 Å². The number of hydrogen-bond donors (Lipinski definition) is 2. The molecule has 88 valence electrons. The minimum absolute atomic E-state index is 0.129. The summed E-state index contributed by atoms with van der Waals surface area (Å²) in [6.07, 6.45) is 6.14. The minimum atomic E-state index is 0.129. The zero-order valence-electron chi connectivity index (χ0n) is 9.34. The molecule has 16 heavy (non-hydrogen) atoms. The number of aliphatic hydroxyl groups excluding tert-OH is 1. The first-order valence-corrected chi connectivity index (χ1v) is 5.77. The van der Waals surface area contributed by atoms with Crippen molar-refractivity contribution in [2.45, 2.75) is 31.7 Å². The van der Waals surface area contributed by atoms with Crippen molar-refractivity contribution in [1.29, 1.82) is 0 Å². The van der Waals surface area contributed by atoms with E-state index in [0.29, 0.717) is 11.8 Å². The van der Waals surface area contributed by atoms with Crippen LogP contribution in [0.3, 0.4) is 0 Å². The third kappa shape index (κ3) is 2.41. The molecule has 1 aromatic heterocycles. The molecule has 1 saturated heterocycles. The quantitative estimate of drug-likeness (QED) is 0.774. The molecule has 0 spiro atoms. The smallest absolute Gasteiger partial charge is 0.227 e. The third-order valence-electron chi connectivity index (χ3n) is 3.01. The van der Waals surface area contributed by atoms with Crippen LogP contribution >= 0.6 is 0 Å². The van der Waals surface area contributed by atoms with E-state index in [-0.39, 0.29) is 12.6 Å². The summed E-state index contributed by atoms with van der Waals surface area (Å²) in [5.41, 5.74) is 5.65. The molecular formula is C11H18N4O. The van der Waals surface area contributed by atoms with Gasteiger partial charge in [0.25, 0.3) is 0 Å². The van der Waals surface area contributed by atoms with E-state index < -0.39 is 0 Å². The van der Waals surface area contributed by atoms with Crippen LogP contribution in [0, 0.1) is 0 Å². The highest BCUT2D eigenvalue weighted by molar-refractivity contribution is 5.38. The van der Waals surface area contributed by atoms with Crippen LogP contribution in [0.1, 0.15) is 25.7 Å². The Balaban J connectivity index is 2.21. The molecule has 5 heteroatoms. The molecule has 0 amide bonds. The van der Waals surface area contributed by atoms with Gasteiger partial charge in [-0.2, -0.15) is 4.98 Å². The first-order chi connectivity index (χ1) is 7.81. The number of anilines is 2. The molecule has 1 unspecified atom stereocenters. The van der Waals surface area contributed by atoms with Crippen molar-refractivity contribution in [2.75, 3.05) is 23.8 Å². The maximum Gasteiger partial charge on any atom is 0.227 e. The summed E-state index contributed by atoms with van der Waals surface area (Å²) in [5, 5.41) is 9.39. The topological polar surface area (TPSA) is 75.3 Å². The van der Waals surface area contributed by atoms with Gasteiger partial charge in [0.15, 0.2) is 0 Å². The van der Waals surface area contributed by atoms with Gasteiger partial charge in [-0.15, -0.1) is 0 Å². The van der Waals surface area contributed by atoms with Crippen molar-refractivity contribution in [3.63, 3.8) is 0 Å². The first kappa shape index (κ1) is 11.1. The van der Waals surface area contributed by atoms with Gasteiger partial charge >= 0.3 is 0 Å². The predicted octanol–water partition coefficient (Wildman–Crippen LogP) is 0.800. The summed E-state index contributed by atoms with van der Waals surface area (Å²) >= 11 is 0. The normalized spacial score (nSPS) is 21.8. The lowest BCUT2D eigenvalue weighted by molar-refractivity contribution is 0.254. The Labute approximate surface area is 95.3 Å². The fraction of sp³-hybridized carbons (Fsp3) is 0.636. The van der Waals surface area contributed by atoms with E-state index in [1.807, 2.05) is 0 Å². The lowest BCUT2D eigenvalue weighted by Crippen LogP contribution is -2.38. The standard InChI is InChI=1S/C11H18N4O/c12-10-5-6-13-11(14-10)15-7-3-1-2-4-9(15)8-16/h5-6,9,16H,1-4,7-8H2,(H2,12,13,14). The van der Waals surface area contributed by atoms with Crippen LogP contribution in [-0.2, 0) is 0 Å². The van der Waals surface area contributed by atoms with Gasteiger partial charge in [-0.3, -0.25) is 0 Å². The van der Waals surface area contributed by atoms with E-state index in [2.05, 4.69) is 14.9 Å². The maximum absolute atomic E-state index is 9.39. The highest BCUT2D eigenvalue weighted by Crippen LogP contribution is 2.21. The molecule has 0 bridgehead atoms. The first-order valence-electron chi connectivity index (χ1n) is 5.77. The molecular weight excluding hydrogens is 204 g/mol. The number of hydrogen-bond acceptors (Lipinski definition) is 5. The number of rotatable bonds is 2. The molecule has 5 nitrogen and oxygen atoms in total. The summed E-state index contributed by atoms with van der Waals surface area (Å²) in [4.78, 5) is 10.5. The van der Waals surface area contributed by atoms with Gasteiger partial charge in [-0.25, -0.2) is 4.98 Å². The molecule has 1 atom stereocenters. The number of nitrogens with two attached hydrogens (primary N) is 1. The second kappa shape index (κ2) is 5.12. The number of nitrogens with zero attached hydrogens (tertiary/aromatic N) is 3.